The van der Waals surface area contributed by atoms with Crippen LogP contribution in [0.1, 0.15) is 28.4 Å². The average molecular weight is 356 g/mol. The van der Waals surface area contributed by atoms with Gasteiger partial charge in [0.2, 0.25) is 0 Å². The molecule has 3 rings (SSSR count). The Labute approximate surface area is 151 Å². The molecule has 7 heteroatoms. The van der Waals surface area contributed by atoms with Crippen LogP contribution in [-0.4, -0.2) is 32.7 Å². The van der Waals surface area contributed by atoms with E-state index in [2.05, 4.69) is 21.9 Å². The van der Waals surface area contributed by atoms with Crippen LogP contribution in [0.15, 0.2) is 46.5 Å². The fraction of sp³-hybridized carbons (Fsp3) is 0.368. The number of aromatic nitrogens is 4. The van der Waals surface area contributed by atoms with Crippen molar-refractivity contribution in [3.63, 3.8) is 0 Å². The topological polar surface area (TPSA) is 95.7 Å². The van der Waals surface area contributed by atoms with Crippen LogP contribution in [0.2, 0.25) is 0 Å². The van der Waals surface area contributed by atoms with Gasteiger partial charge in [-0.25, -0.2) is 0 Å². The van der Waals surface area contributed by atoms with Crippen molar-refractivity contribution in [2.45, 2.75) is 25.9 Å². The Bertz CT molecular complexity index is 970. The molecule has 0 fully saturated rings. The lowest BCUT2D eigenvalue weighted by Crippen LogP contribution is -2.34. The molecule has 0 amide bonds. The second kappa shape index (κ2) is 7.21. The summed E-state index contributed by atoms with van der Waals surface area (Å²) in [5.41, 5.74) is 2.24. The first kappa shape index (κ1) is 18.0. The van der Waals surface area contributed by atoms with E-state index in [4.69, 9.17) is 4.74 Å². The van der Waals surface area contributed by atoms with Crippen molar-refractivity contribution in [3.05, 3.63) is 80.2 Å². The first-order chi connectivity index (χ1) is 12.5. The van der Waals surface area contributed by atoms with Gasteiger partial charge < -0.3 is 9.84 Å². The van der Waals surface area contributed by atoms with Crippen molar-refractivity contribution in [2.75, 3.05) is 6.61 Å². The molecule has 0 aromatic carbocycles. The summed E-state index contributed by atoms with van der Waals surface area (Å²) in [5.74, 6) is -0.635. The van der Waals surface area contributed by atoms with Crippen molar-refractivity contribution in [2.24, 2.45) is 13.0 Å². The minimum absolute atomic E-state index is 0.141. The van der Waals surface area contributed by atoms with Crippen molar-refractivity contribution < 1.29 is 4.74 Å². The van der Waals surface area contributed by atoms with Crippen LogP contribution in [0.25, 0.3) is 0 Å². The second-order valence-corrected chi connectivity index (χ2v) is 6.54. The predicted molar refractivity (Wildman–Crippen MR) is 100 cm³/mol. The summed E-state index contributed by atoms with van der Waals surface area (Å²) in [6, 6.07) is 0. The van der Waals surface area contributed by atoms with Crippen LogP contribution < -0.4 is 11.1 Å². The van der Waals surface area contributed by atoms with E-state index >= 15 is 0 Å². The molecule has 0 unspecified atom stereocenters. The summed E-state index contributed by atoms with van der Waals surface area (Å²) in [4.78, 5) is 25.4. The molecule has 2 aromatic rings. The SMILES string of the molecule is C=CCO[C@@H]1C=CC=C[C@@H]1[C@H](c1c(C)[nH][nH]c1=O)c1c(C)[nH]n(C)c1=O. The smallest absolute Gasteiger partial charge is 0.270 e. The van der Waals surface area contributed by atoms with Crippen molar-refractivity contribution >= 4 is 0 Å². The molecule has 0 saturated heterocycles. The molecule has 0 bridgehead atoms. The number of nitrogens with one attached hydrogen (secondary N) is 3. The van der Waals surface area contributed by atoms with Crippen LogP contribution in [0.3, 0.4) is 0 Å². The fourth-order valence-corrected chi connectivity index (χ4v) is 3.68. The zero-order valence-electron chi connectivity index (χ0n) is 15.2. The maximum absolute atomic E-state index is 12.8. The highest BCUT2D eigenvalue weighted by Gasteiger charge is 2.37. The molecule has 1 aliphatic carbocycles. The molecule has 2 heterocycles. The third-order valence-electron chi connectivity index (χ3n) is 4.82. The fourth-order valence-electron chi connectivity index (χ4n) is 3.68. The molecule has 3 N–H and O–H groups in total. The highest BCUT2D eigenvalue weighted by atomic mass is 16.5. The Morgan fingerprint density at radius 2 is 1.92 bits per heavy atom. The summed E-state index contributed by atoms with van der Waals surface area (Å²) in [5, 5.41) is 8.54. The van der Waals surface area contributed by atoms with E-state index in [9.17, 15) is 9.59 Å². The van der Waals surface area contributed by atoms with E-state index in [1.54, 1.807) is 13.1 Å². The van der Waals surface area contributed by atoms with E-state index in [0.717, 1.165) is 5.69 Å². The van der Waals surface area contributed by atoms with Crippen molar-refractivity contribution in [3.8, 4) is 0 Å². The monoisotopic (exact) mass is 356 g/mol. The number of hydrogen-bond acceptors (Lipinski definition) is 3. The molecule has 0 aliphatic heterocycles. The van der Waals surface area contributed by atoms with Gasteiger partial charge in [0.15, 0.2) is 0 Å². The molecule has 138 valence electrons. The van der Waals surface area contributed by atoms with E-state index in [1.807, 2.05) is 38.2 Å². The van der Waals surface area contributed by atoms with Gasteiger partial charge in [-0.05, 0) is 13.8 Å². The van der Waals surface area contributed by atoms with E-state index < -0.39 is 5.92 Å². The average Bonchev–Trinajstić information content (AvgIpc) is 3.08. The molecular formula is C19H24N4O3. The number of aryl methyl sites for hydroxylation is 3. The van der Waals surface area contributed by atoms with Crippen molar-refractivity contribution in [1.82, 2.24) is 20.0 Å². The van der Waals surface area contributed by atoms with Crippen LogP contribution in [0.4, 0.5) is 0 Å². The molecule has 26 heavy (non-hydrogen) atoms. The van der Waals surface area contributed by atoms with Crippen LogP contribution in [0, 0.1) is 19.8 Å². The van der Waals surface area contributed by atoms with Gasteiger partial charge in [0, 0.05) is 41.4 Å². The molecule has 1 aliphatic rings. The third kappa shape index (κ3) is 3.06. The number of rotatable bonds is 6. The summed E-state index contributed by atoms with van der Waals surface area (Å²) in [6.07, 6.45) is 9.20. The zero-order valence-corrected chi connectivity index (χ0v) is 15.2. The second-order valence-electron chi connectivity index (χ2n) is 6.54. The summed E-state index contributed by atoms with van der Waals surface area (Å²) < 4.78 is 7.35. The van der Waals surface area contributed by atoms with Gasteiger partial charge in [0.25, 0.3) is 11.1 Å². The number of allylic oxidation sites excluding steroid dienone is 2. The Morgan fingerprint density at radius 3 is 2.50 bits per heavy atom. The quantitative estimate of drug-likeness (QED) is 0.689. The minimum atomic E-state index is -0.439. The van der Waals surface area contributed by atoms with E-state index in [1.165, 1.54) is 4.68 Å². The Balaban J connectivity index is 2.20. The van der Waals surface area contributed by atoms with Gasteiger partial charge in [0.05, 0.1) is 12.7 Å². The first-order valence-electron chi connectivity index (χ1n) is 8.55. The number of ether oxygens (including phenoxy) is 1. The normalized spacial score (nSPS) is 20.4. The van der Waals surface area contributed by atoms with Gasteiger partial charge in [-0.15, -0.1) is 6.58 Å². The van der Waals surface area contributed by atoms with Crippen LogP contribution in [-0.2, 0) is 11.8 Å². The van der Waals surface area contributed by atoms with Crippen LogP contribution >= 0.6 is 0 Å². The number of hydrogen-bond donors (Lipinski definition) is 3. The van der Waals surface area contributed by atoms with E-state index in [0.29, 0.717) is 23.4 Å². The van der Waals surface area contributed by atoms with E-state index in [-0.39, 0.29) is 23.1 Å². The Kier molecular flexibility index (Phi) is 4.99. The maximum atomic E-state index is 12.8. The molecular weight excluding hydrogens is 332 g/mol. The summed E-state index contributed by atoms with van der Waals surface area (Å²) >= 11 is 0. The molecule has 0 spiro atoms. The van der Waals surface area contributed by atoms with Crippen molar-refractivity contribution in [1.29, 1.82) is 0 Å². The standard InChI is InChI=1S/C19H24N4O3/c1-5-10-26-14-9-7-6-8-13(14)17(15-11(2)20-21-18(15)24)16-12(3)22-23(4)19(16)25/h5-9,13-14,17,22H,1,10H2,2-4H3,(H2,20,21,24)/t13-,14+,17+/m0/s1. The molecule has 3 atom stereocenters. The molecule has 0 radical (unpaired) electrons. The highest BCUT2D eigenvalue weighted by Crippen LogP contribution is 2.37. The van der Waals surface area contributed by atoms with Gasteiger partial charge in [-0.2, -0.15) is 0 Å². The minimum Gasteiger partial charge on any atom is -0.369 e. The molecule has 0 saturated carbocycles. The first-order valence-corrected chi connectivity index (χ1v) is 8.55. The number of H-pyrrole nitrogens is 3. The lowest BCUT2D eigenvalue weighted by Gasteiger charge is -2.30. The maximum Gasteiger partial charge on any atom is 0.270 e. The van der Waals surface area contributed by atoms with Crippen LogP contribution in [0.5, 0.6) is 0 Å². The number of nitrogens with zero attached hydrogens (tertiary/aromatic N) is 1. The van der Waals surface area contributed by atoms with Gasteiger partial charge >= 0.3 is 0 Å². The zero-order chi connectivity index (χ0) is 18.8. The summed E-state index contributed by atoms with van der Waals surface area (Å²) in [7, 11) is 1.67. The Hall–Kier alpha value is -2.80. The predicted octanol–water partition coefficient (Wildman–Crippen LogP) is 1.79. The van der Waals surface area contributed by atoms with Gasteiger partial charge in [-0.1, -0.05) is 30.4 Å². The van der Waals surface area contributed by atoms with Gasteiger partial charge in [0.1, 0.15) is 0 Å². The lowest BCUT2D eigenvalue weighted by molar-refractivity contribution is 0.0726. The third-order valence-corrected chi connectivity index (χ3v) is 4.82. The lowest BCUT2D eigenvalue weighted by atomic mass is 9.76. The van der Waals surface area contributed by atoms with Gasteiger partial charge in [-0.3, -0.25) is 24.5 Å². The molecule has 7 nitrogen and oxygen atoms in total. The highest BCUT2D eigenvalue weighted by molar-refractivity contribution is 5.38. The summed E-state index contributed by atoms with van der Waals surface area (Å²) in [6.45, 7) is 7.76. The Morgan fingerprint density at radius 1 is 1.19 bits per heavy atom. The molecule has 2 aromatic heterocycles. The largest absolute Gasteiger partial charge is 0.369 e. The number of aromatic amines is 3.